The molecule has 16 nitrogen and oxygen atoms in total. The van der Waals surface area contributed by atoms with Gasteiger partial charge in [-0.05, 0) is 55.7 Å². The molecule has 0 spiro atoms. The predicted octanol–water partition coefficient (Wildman–Crippen LogP) is 2.87. The number of carbonyl (C=O) groups is 4. The van der Waals surface area contributed by atoms with Crippen molar-refractivity contribution in [2.24, 2.45) is 0 Å². The summed E-state index contributed by atoms with van der Waals surface area (Å²) in [6.45, 7) is 5.62. The molecule has 10 rings (SSSR count). The number of aromatic nitrogens is 5. The van der Waals surface area contributed by atoms with Crippen LogP contribution < -0.4 is 20.7 Å². The average molecular weight is 754 g/mol. The Morgan fingerprint density at radius 1 is 0.768 bits per heavy atom. The van der Waals surface area contributed by atoms with Crippen molar-refractivity contribution in [3.05, 3.63) is 84.3 Å². The van der Waals surface area contributed by atoms with Crippen LogP contribution >= 0.6 is 0 Å². The summed E-state index contributed by atoms with van der Waals surface area (Å²) in [5.74, 6) is -0.377. The van der Waals surface area contributed by atoms with Gasteiger partial charge in [-0.15, -0.1) is 0 Å². The molecule has 56 heavy (non-hydrogen) atoms. The summed E-state index contributed by atoms with van der Waals surface area (Å²) in [5, 5.41) is 8.04. The predicted molar refractivity (Wildman–Crippen MR) is 204 cm³/mol. The van der Waals surface area contributed by atoms with Crippen molar-refractivity contribution >= 4 is 46.2 Å². The van der Waals surface area contributed by atoms with E-state index in [9.17, 15) is 19.2 Å². The molecule has 4 fully saturated rings. The van der Waals surface area contributed by atoms with Crippen molar-refractivity contribution in [2.45, 2.75) is 49.9 Å². The van der Waals surface area contributed by atoms with E-state index in [0.29, 0.717) is 46.4 Å². The number of nitrogens with zero attached hydrogens (tertiary/aromatic N) is 9. The third-order valence-corrected chi connectivity index (χ3v) is 11.9. The van der Waals surface area contributed by atoms with Crippen molar-refractivity contribution in [1.82, 2.24) is 44.7 Å². The van der Waals surface area contributed by atoms with E-state index in [4.69, 9.17) is 15.6 Å². The van der Waals surface area contributed by atoms with E-state index < -0.39 is 23.8 Å². The Morgan fingerprint density at radius 2 is 1.54 bits per heavy atom. The van der Waals surface area contributed by atoms with Crippen LogP contribution in [0.4, 0.5) is 11.5 Å². The Morgan fingerprint density at radius 3 is 2.29 bits per heavy atom. The highest BCUT2D eigenvalue weighted by atomic mass is 16.5. The summed E-state index contributed by atoms with van der Waals surface area (Å²) in [6, 6.07) is 18.7. The lowest BCUT2D eigenvalue weighted by Crippen LogP contribution is -2.70. The van der Waals surface area contributed by atoms with Crippen molar-refractivity contribution in [2.75, 3.05) is 49.9 Å². The van der Waals surface area contributed by atoms with Crippen LogP contribution in [0.2, 0.25) is 0 Å². The number of imide groups is 2. The number of likely N-dealkylation sites (tertiary alicyclic amines) is 2. The van der Waals surface area contributed by atoms with E-state index >= 15 is 0 Å². The number of carbonyl (C=O) groups excluding carboxylic acids is 4. The molecule has 5 aliphatic heterocycles. The Balaban J connectivity index is 0.739. The number of piperidine rings is 2. The monoisotopic (exact) mass is 753 g/mol. The molecule has 8 heterocycles. The maximum Gasteiger partial charge on any atom is 0.262 e. The van der Waals surface area contributed by atoms with Crippen LogP contribution in [-0.4, -0.2) is 120 Å². The fraction of sp³-hybridized carbons (Fsp3) is 0.350. The molecule has 4 amide bonds. The van der Waals surface area contributed by atoms with E-state index in [1.165, 1.54) is 6.33 Å². The van der Waals surface area contributed by atoms with Gasteiger partial charge in [0.25, 0.3) is 11.8 Å². The second-order valence-electron chi connectivity index (χ2n) is 15.2. The highest BCUT2D eigenvalue weighted by Crippen LogP contribution is 2.37. The zero-order valence-electron chi connectivity index (χ0n) is 30.5. The summed E-state index contributed by atoms with van der Waals surface area (Å²) in [6.07, 6.45) is 5.36. The van der Waals surface area contributed by atoms with Gasteiger partial charge in [-0.2, -0.15) is 5.10 Å². The third-order valence-electron chi connectivity index (χ3n) is 11.9. The zero-order valence-corrected chi connectivity index (χ0v) is 30.5. The number of fused-ring (bicyclic) bond motifs is 2. The molecule has 0 bridgehead atoms. The van der Waals surface area contributed by atoms with Crippen molar-refractivity contribution < 1.29 is 23.9 Å². The second-order valence-corrected chi connectivity index (χ2v) is 15.2. The summed E-state index contributed by atoms with van der Waals surface area (Å²) in [4.78, 5) is 72.2. The Labute approximate surface area is 321 Å². The number of pyridine rings is 1. The maximum absolute atomic E-state index is 13.3. The lowest BCUT2D eigenvalue weighted by atomic mass is 9.95. The minimum atomic E-state index is -0.970. The molecule has 1 atom stereocenters. The normalized spacial score (nSPS) is 21.3. The fourth-order valence-corrected chi connectivity index (χ4v) is 8.71. The van der Waals surface area contributed by atoms with Crippen LogP contribution in [-0.2, 0) is 9.59 Å². The number of amides is 4. The van der Waals surface area contributed by atoms with Gasteiger partial charge >= 0.3 is 0 Å². The number of hydrogen-bond donors (Lipinski definition) is 2. The lowest BCUT2D eigenvalue weighted by molar-refractivity contribution is -0.136. The number of nitrogens with two attached hydrogens (primary N) is 1. The molecule has 1 unspecified atom stereocenters. The molecule has 0 radical (unpaired) electrons. The van der Waals surface area contributed by atoms with Crippen LogP contribution in [0.3, 0.4) is 0 Å². The van der Waals surface area contributed by atoms with Crippen LogP contribution in [0.15, 0.2) is 73.2 Å². The molecule has 4 saturated heterocycles. The number of nitrogens with one attached hydrogen (secondary N) is 1. The largest absolute Gasteiger partial charge is 0.439 e. The number of rotatable bonds is 8. The molecule has 5 aromatic rings. The first-order valence-corrected chi connectivity index (χ1v) is 19.1. The standard InChI is InChI=1S/C40H39N11O5/c41-36-34-35(23-6-11-33(42-17-23)56-28-4-2-1-3-5-28)46-51(37(34)44-22-43-36)24-12-14-47(15-13-24)26-18-49(19-26)27-20-48(21-27)25-7-8-29-30(16-25)40(55)50(39(29)54)31-9-10-32(52)45-38(31)53/h1-8,11,16-17,22,24,26-27,31H,9-10,12-15,18-21H2,(H2,41,43,44)(H,45,52,53). The van der Waals surface area contributed by atoms with E-state index in [0.717, 1.165) is 79.3 Å². The molecule has 2 aromatic carbocycles. The molecule has 3 aromatic heterocycles. The number of para-hydroxylation sites is 1. The first-order valence-electron chi connectivity index (χ1n) is 19.1. The van der Waals surface area contributed by atoms with Gasteiger partial charge in [0.2, 0.25) is 17.7 Å². The van der Waals surface area contributed by atoms with Crippen molar-refractivity contribution in [1.29, 1.82) is 0 Å². The van der Waals surface area contributed by atoms with Gasteiger partial charge < -0.3 is 15.4 Å². The van der Waals surface area contributed by atoms with Gasteiger partial charge in [0.05, 0.1) is 22.6 Å². The Bertz CT molecular complexity index is 2380. The molecule has 5 aliphatic rings. The van der Waals surface area contributed by atoms with Gasteiger partial charge in [0, 0.05) is 81.3 Å². The Kier molecular flexibility index (Phi) is 8.25. The number of benzene rings is 2. The summed E-state index contributed by atoms with van der Waals surface area (Å²) < 4.78 is 7.91. The quantitative estimate of drug-likeness (QED) is 0.221. The molecule has 284 valence electrons. The Hall–Kier alpha value is -6.26. The highest BCUT2D eigenvalue weighted by molar-refractivity contribution is 6.23. The van der Waals surface area contributed by atoms with Crippen LogP contribution in [0.1, 0.15) is 52.4 Å². The van der Waals surface area contributed by atoms with Crippen LogP contribution in [0, 0.1) is 0 Å². The topological polar surface area (TPSA) is 185 Å². The van der Waals surface area contributed by atoms with E-state index in [1.54, 1.807) is 18.3 Å². The van der Waals surface area contributed by atoms with Crippen LogP contribution in [0.5, 0.6) is 11.6 Å². The van der Waals surface area contributed by atoms with Gasteiger partial charge in [0.1, 0.15) is 29.6 Å². The third kappa shape index (κ3) is 5.83. The molecule has 16 heteroatoms. The van der Waals surface area contributed by atoms with Gasteiger partial charge in [-0.3, -0.25) is 39.2 Å². The lowest BCUT2D eigenvalue weighted by Gasteiger charge is -2.55. The van der Waals surface area contributed by atoms with Crippen molar-refractivity contribution in [3.63, 3.8) is 0 Å². The second kappa shape index (κ2) is 13.5. The molecule has 3 N–H and O–H groups in total. The SMILES string of the molecule is Nc1ncnc2c1c(-c1ccc(Oc3ccccc3)nc1)nn2C1CCN(C2CN(C3CN(c4ccc5c(c4)C(=O)N(C4CCC(=O)NC4=O)C5=O)C3)C2)CC1. The van der Waals surface area contributed by atoms with Gasteiger partial charge in [0.15, 0.2) is 5.65 Å². The first-order chi connectivity index (χ1) is 27.3. The minimum Gasteiger partial charge on any atom is -0.439 e. The first kappa shape index (κ1) is 34.2. The maximum atomic E-state index is 13.3. The molecule has 0 saturated carbocycles. The summed E-state index contributed by atoms with van der Waals surface area (Å²) >= 11 is 0. The number of nitrogen functional groups attached to an aromatic ring is 1. The fourth-order valence-electron chi connectivity index (χ4n) is 8.71. The van der Waals surface area contributed by atoms with E-state index in [1.807, 2.05) is 53.2 Å². The number of ether oxygens (including phenoxy) is 1. The average Bonchev–Trinajstić information content (AvgIpc) is 3.68. The summed E-state index contributed by atoms with van der Waals surface area (Å²) in [7, 11) is 0. The molecule has 0 aliphatic carbocycles. The van der Waals surface area contributed by atoms with Crippen molar-refractivity contribution in [3.8, 4) is 22.9 Å². The number of hydrogen-bond acceptors (Lipinski definition) is 13. The zero-order chi connectivity index (χ0) is 38.1. The molecular weight excluding hydrogens is 715 g/mol. The highest BCUT2D eigenvalue weighted by Gasteiger charge is 2.46. The van der Waals surface area contributed by atoms with Crippen LogP contribution in [0.25, 0.3) is 22.3 Å². The van der Waals surface area contributed by atoms with E-state index in [2.05, 4.69) is 35.0 Å². The molecular formula is C40H39N11O5. The van der Waals surface area contributed by atoms with Gasteiger partial charge in [-0.25, -0.2) is 19.6 Å². The minimum absolute atomic E-state index is 0.0940. The van der Waals surface area contributed by atoms with E-state index in [-0.39, 0.29) is 24.8 Å². The smallest absolute Gasteiger partial charge is 0.262 e. The number of anilines is 2. The van der Waals surface area contributed by atoms with Gasteiger partial charge in [-0.1, -0.05) is 18.2 Å². The summed E-state index contributed by atoms with van der Waals surface area (Å²) in [5.41, 5.74) is 10.1.